The van der Waals surface area contributed by atoms with Gasteiger partial charge in [-0.25, -0.2) is 0 Å². The van der Waals surface area contributed by atoms with Crippen molar-refractivity contribution < 1.29 is 9.53 Å². The van der Waals surface area contributed by atoms with Gasteiger partial charge >= 0.3 is 0 Å². The zero-order chi connectivity index (χ0) is 13.1. The Morgan fingerprint density at radius 3 is 3.00 bits per heavy atom. The standard InChI is InChI=1S/C12H16ClN3O2/c13-8-1-2-11(10(5-8)12(15)17)16-3-4-18-9(6-14)7-16/h1-2,5,9H,3-4,6-7,14H2,(H2,15,17). The van der Waals surface area contributed by atoms with E-state index in [0.29, 0.717) is 36.8 Å². The molecule has 0 saturated carbocycles. The molecule has 1 amide bonds. The summed E-state index contributed by atoms with van der Waals surface area (Å²) in [7, 11) is 0. The lowest BCUT2D eigenvalue weighted by Crippen LogP contribution is -2.46. The molecule has 0 spiro atoms. The summed E-state index contributed by atoms with van der Waals surface area (Å²) in [6.45, 7) is 2.40. The number of ether oxygens (including phenoxy) is 1. The maximum Gasteiger partial charge on any atom is 0.250 e. The predicted molar refractivity (Wildman–Crippen MR) is 71.0 cm³/mol. The normalized spacial score (nSPS) is 19.9. The zero-order valence-electron chi connectivity index (χ0n) is 9.93. The van der Waals surface area contributed by atoms with E-state index in [-0.39, 0.29) is 6.10 Å². The number of carbonyl (C=O) groups excluding carboxylic acids is 1. The van der Waals surface area contributed by atoms with E-state index in [0.717, 1.165) is 5.69 Å². The van der Waals surface area contributed by atoms with Gasteiger partial charge in [0, 0.05) is 30.3 Å². The van der Waals surface area contributed by atoms with E-state index in [1.807, 2.05) is 0 Å². The largest absolute Gasteiger partial charge is 0.373 e. The minimum Gasteiger partial charge on any atom is -0.373 e. The average molecular weight is 270 g/mol. The number of halogens is 1. The lowest BCUT2D eigenvalue weighted by atomic mass is 10.1. The summed E-state index contributed by atoms with van der Waals surface area (Å²) in [5.74, 6) is -0.483. The molecular formula is C12H16ClN3O2. The molecule has 2 rings (SSSR count). The molecule has 0 bridgehead atoms. The minimum absolute atomic E-state index is 0.0184. The number of morpholine rings is 1. The number of carbonyl (C=O) groups is 1. The Labute approximate surface area is 111 Å². The van der Waals surface area contributed by atoms with Crippen molar-refractivity contribution in [1.29, 1.82) is 0 Å². The summed E-state index contributed by atoms with van der Waals surface area (Å²) in [4.78, 5) is 13.5. The van der Waals surface area contributed by atoms with Gasteiger partial charge in [0.1, 0.15) is 0 Å². The summed E-state index contributed by atoms with van der Waals surface area (Å²) in [6, 6.07) is 5.14. The Morgan fingerprint density at radius 1 is 1.56 bits per heavy atom. The van der Waals surface area contributed by atoms with Gasteiger partial charge in [-0.1, -0.05) is 11.6 Å². The van der Waals surface area contributed by atoms with E-state index in [1.54, 1.807) is 18.2 Å². The van der Waals surface area contributed by atoms with Crippen molar-refractivity contribution in [1.82, 2.24) is 0 Å². The van der Waals surface area contributed by atoms with Crippen LogP contribution in [0.25, 0.3) is 0 Å². The lowest BCUT2D eigenvalue weighted by Gasteiger charge is -2.34. The van der Waals surface area contributed by atoms with Crippen molar-refractivity contribution in [2.45, 2.75) is 6.10 Å². The second kappa shape index (κ2) is 5.56. The van der Waals surface area contributed by atoms with Crippen LogP contribution in [-0.4, -0.2) is 38.3 Å². The summed E-state index contributed by atoms with van der Waals surface area (Å²) in [5.41, 5.74) is 12.2. The molecule has 1 unspecified atom stereocenters. The van der Waals surface area contributed by atoms with Crippen molar-refractivity contribution in [3.05, 3.63) is 28.8 Å². The third-order valence-electron chi connectivity index (χ3n) is 2.97. The molecule has 0 radical (unpaired) electrons. The second-order valence-electron chi connectivity index (χ2n) is 4.20. The van der Waals surface area contributed by atoms with E-state index in [9.17, 15) is 4.79 Å². The average Bonchev–Trinajstić information content (AvgIpc) is 2.38. The topological polar surface area (TPSA) is 81.6 Å². The van der Waals surface area contributed by atoms with Gasteiger partial charge in [-0.2, -0.15) is 0 Å². The predicted octanol–water partition coefficient (Wildman–Crippen LogP) is 0.603. The fourth-order valence-electron chi connectivity index (χ4n) is 2.06. The van der Waals surface area contributed by atoms with Crippen LogP contribution in [0, 0.1) is 0 Å². The van der Waals surface area contributed by atoms with Crippen molar-refractivity contribution in [2.24, 2.45) is 11.5 Å². The highest BCUT2D eigenvalue weighted by Gasteiger charge is 2.22. The number of anilines is 1. The first-order chi connectivity index (χ1) is 8.61. The van der Waals surface area contributed by atoms with E-state index in [2.05, 4.69) is 4.90 Å². The van der Waals surface area contributed by atoms with Crippen LogP contribution < -0.4 is 16.4 Å². The maximum atomic E-state index is 11.4. The van der Waals surface area contributed by atoms with Crippen molar-refractivity contribution in [2.75, 3.05) is 31.1 Å². The van der Waals surface area contributed by atoms with E-state index < -0.39 is 5.91 Å². The van der Waals surface area contributed by atoms with Crippen LogP contribution >= 0.6 is 11.6 Å². The molecule has 1 heterocycles. The van der Waals surface area contributed by atoms with Gasteiger partial charge in [0.05, 0.1) is 18.3 Å². The molecule has 98 valence electrons. The Hall–Kier alpha value is -1.30. The number of nitrogens with zero attached hydrogens (tertiary/aromatic N) is 1. The van der Waals surface area contributed by atoms with E-state index >= 15 is 0 Å². The number of hydrogen-bond donors (Lipinski definition) is 2. The number of amides is 1. The number of benzene rings is 1. The molecule has 0 aliphatic carbocycles. The zero-order valence-corrected chi connectivity index (χ0v) is 10.7. The highest BCUT2D eigenvalue weighted by atomic mass is 35.5. The maximum absolute atomic E-state index is 11.4. The van der Waals surface area contributed by atoms with Crippen molar-refractivity contribution in [3.8, 4) is 0 Å². The van der Waals surface area contributed by atoms with Crippen LogP contribution in [0.4, 0.5) is 5.69 Å². The van der Waals surface area contributed by atoms with Gasteiger partial charge < -0.3 is 21.1 Å². The molecule has 18 heavy (non-hydrogen) atoms. The first-order valence-corrected chi connectivity index (χ1v) is 6.15. The van der Waals surface area contributed by atoms with Crippen LogP contribution in [-0.2, 0) is 4.74 Å². The number of nitrogens with two attached hydrogens (primary N) is 2. The molecule has 1 aliphatic rings. The molecular weight excluding hydrogens is 254 g/mol. The van der Waals surface area contributed by atoms with E-state index in [1.165, 1.54) is 0 Å². The molecule has 6 heteroatoms. The highest BCUT2D eigenvalue weighted by Crippen LogP contribution is 2.25. The summed E-state index contributed by atoms with van der Waals surface area (Å²) in [5, 5.41) is 0.496. The van der Waals surface area contributed by atoms with Crippen LogP contribution in [0.5, 0.6) is 0 Å². The summed E-state index contributed by atoms with van der Waals surface area (Å²) < 4.78 is 5.49. The smallest absolute Gasteiger partial charge is 0.250 e. The van der Waals surface area contributed by atoms with Gasteiger partial charge in [-0.15, -0.1) is 0 Å². The quantitative estimate of drug-likeness (QED) is 0.842. The summed E-state index contributed by atoms with van der Waals surface area (Å²) >= 11 is 5.88. The second-order valence-corrected chi connectivity index (χ2v) is 4.64. The van der Waals surface area contributed by atoms with Gasteiger partial charge in [-0.3, -0.25) is 4.79 Å². The molecule has 1 aromatic carbocycles. The minimum atomic E-state index is -0.483. The number of primary amides is 1. The fraction of sp³-hybridized carbons (Fsp3) is 0.417. The van der Waals surface area contributed by atoms with E-state index in [4.69, 9.17) is 27.8 Å². The SMILES string of the molecule is NCC1CN(c2ccc(Cl)cc2C(N)=O)CCO1. The van der Waals surface area contributed by atoms with Gasteiger partial charge in [0.2, 0.25) is 0 Å². The van der Waals surface area contributed by atoms with Crippen LogP contribution in [0.3, 0.4) is 0 Å². The molecule has 1 aromatic rings. The number of rotatable bonds is 3. The third-order valence-corrected chi connectivity index (χ3v) is 3.20. The molecule has 1 atom stereocenters. The Balaban J connectivity index is 2.29. The van der Waals surface area contributed by atoms with Gasteiger partial charge in [0.25, 0.3) is 5.91 Å². The van der Waals surface area contributed by atoms with Crippen LogP contribution in [0.15, 0.2) is 18.2 Å². The lowest BCUT2D eigenvalue weighted by molar-refractivity contribution is 0.0465. The first kappa shape index (κ1) is 13.1. The number of hydrogen-bond acceptors (Lipinski definition) is 4. The Morgan fingerprint density at radius 2 is 2.33 bits per heavy atom. The Bertz CT molecular complexity index is 453. The molecule has 1 aliphatic heterocycles. The van der Waals surface area contributed by atoms with Gasteiger partial charge in [0.15, 0.2) is 0 Å². The Kier molecular flexibility index (Phi) is 4.06. The monoisotopic (exact) mass is 269 g/mol. The summed E-state index contributed by atoms with van der Waals surface area (Å²) in [6.07, 6.45) is -0.0184. The van der Waals surface area contributed by atoms with Crippen molar-refractivity contribution in [3.63, 3.8) is 0 Å². The first-order valence-electron chi connectivity index (χ1n) is 5.77. The molecule has 4 N–H and O–H groups in total. The third kappa shape index (κ3) is 2.75. The van der Waals surface area contributed by atoms with Gasteiger partial charge in [-0.05, 0) is 18.2 Å². The molecule has 1 saturated heterocycles. The molecule has 1 fully saturated rings. The van der Waals surface area contributed by atoms with Crippen LogP contribution in [0.2, 0.25) is 5.02 Å². The van der Waals surface area contributed by atoms with Crippen molar-refractivity contribution >= 4 is 23.2 Å². The molecule has 0 aromatic heterocycles. The molecule has 5 nitrogen and oxygen atoms in total. The highest BCUT2D eigenvalue weighted by molar-refractivity contribution is 6.31. The van der Waals surface area contributed by atoms with Crippen LogP contribution in [0.1, 0.15) is 10.4 Å². The fourth-order valence-corrected chi connectivity index (χ4v) is 2.23.